The van der Waals surface area contributed by atoms with Gasteiger partial charge in [-0.25, -0.2) is 4.39 Å². The predicted octanol–water partition coefficient (Wildman–Crippen LogP) is 3.65. The average Bonchev–Trinajstić information content (AvgIpc) is 3.02. The summed E-state index contributed by atoms with van der Waals surface area (Å²) in [7, 11) is 1.45. The molecule has 1 N–H and O–H groups in total. The highest BCUT2D eigenvalue weighted by Crippen LogP contribution is 2.40. The largest absolute Gasteiger partial charge is 0.492 e. The lowest BCUT2D eigenvalue weighted by atomic mass is 9.72. The maximum atomic E-state index is 13.9. The lowest BCUT2D eigenvalue weighted by Gasteiger charge is -2.56. The first kappa shape index (κ1) is 16.8. The summed E-state index contributed by atoms with van der Waals surface area (Å²) in [5.41, 5.74) is -0.0304. The van der Waals surface area contributed by atoms with E-state index >= 15 is 0 Å². The van der Waals surface area contributed by atoms with Crippen molar-refractivity contribution in [2.24, 2.45) is 5.92 Å². The quantitative estimate of drug-likeness (QED) is 0.906. The molecule has 1 amide bonds. The van der Waals surface area contributed by atoms with Gasteiger partial charge in [-0.15, -0.1) is 11.3 Å². The smallest absolute Gasteiger partial charge is 0.261 e. The number of thiophene rings is 1. The van der Waals surface area contributed by atoms with Crippen LogP contribution in [0.3, 0.4) is 0 Å². The number of rotatable bonds is 3. The molecule has 0 saturated carbocycles. The van der Waals surface area contributed by atoms with Crippen LogP contribution in [0.4, 0.5) is 4.39 Å². The number of carbonyl (C=O) groups is 1. The number of carbonyl (C=O) groups excluding carboxylic acids is 1. The topological polar surface area (TPSA) is 41.6 Å². The number of nitrogens with zero attached hydrogens (tertiary/aromatic N) is 1. The van der Waals surface area contributed by atoms with Crippen molar-refractivity contribution in [3.8, 4) is 5.75 Å². The molecule has 4 heterocycles. The number of ether oxygens (including phenoxy) is 1. The fraction of sp³-hybridized carbons (Fsp3) is 0.526. The summed E-state index contributed by atoms with van der Waals surface area (Å²) in [6.45, 7) is 6.66. The zero-order valence-electron chi connectivity index (χ0n) is 14.8. The fourth-order valence-electron chi connectivity index (χ4n) is 4.44. The highest BCUT2D eigenvalue weighted by Gasteiger charge is 2.48. The number of piperidine rings is 3. The Labute approximate surface area is 151 Å². The van der Waals surface area contributed by atoms with Crippen LogP contribution in [0.5, 0.6) is 5.75 Å². The monoisotopic (exact) mass is 362 g/mol. The second-order valence-corrected chi connectivity index (χ2v) is 8.59. The third-order valence-electron chi connectivity index (χ3n) is 5.89. The summed E-state index contributed by atoms with van der Waals surface area (Å²) in [6.07, 6.45) is 2.28. The summed E-state index contributed by atoms with van der Waals surface area (Å²) >= 11 is 1.29. The molecule has 4 nitrogen and oxygen atoms in total. The Kier molecular flexibility index (Phi) is 4.00. The van der Waals surface area contributed by atoms with E-state index in [1.54, 1.807) is 6.07 Å². The van der Waals surface area contributed by atoms with Gasteiger partial charge in [0, 0.05) is 11.6 Å². The van der Waals surface area contributed by atoms with E-state index < -0.39 is 5.82 Å². The lowest BCUT2D eigenvalue weighted by molar-refractivity contribution is -0.0377. The molecule has 1 aromatic heterocycles. The molecule has 3 fully saturated rings. The second kappa shape index (κ2) is 5.95. The van der Waals surface area contributed by atoms with Gasteiger partial charge in [0.1, 0.15) is 0 Å². The molecular formula is C19H23FN2O2S. The number of halogens is 1. The molecule has 0 unspecified atom stereocenters. The van der Waals surface area contributed by atoms with Crippen LogP contribution in [0.15, 0.2) is 18.2 Å². The Balaban J connectivity index is 1.62. The third-order valence-corrected chi connectivity index (χ3v) is 7.04. The van der Waals surface area contributed by atoms with E-state index in [0.29, 0.717) is 15.5 Å². The van der Waals surface area contributed by atoms with Crippen LogP contribution in [-0.2, 0) is 0 Å². The minimum atomic E-state index is -0.401. The number of amides is 1. The summed E-state index contributed by atoms with van der Waals surface area (Å²) in [6, 6.07) is 5.04. The van der Waals surface area contributed by atoms with Crippen molar-refractivity contribution in [2.75, 3.05) is 20.2 Å². The molecule has 0 aliphatic carbocycles. The van der Waals surface area contributed by atoms with Gasteiger partial charge in [0.25, 0.3) is 5.91 Å². The normalized spacial score (nSPS) is 27.4. The summed E-state index contributed by atoms with van der Waals surface area (Å²) in [5, 5.41) is 4.10. The van der Waals surface area contributed by atoms with Crippen molar-refractivity contribution in [2.45, 2.75) is 38.3 Å². The van der Waals surface area contributed by atoms with Crippen molar-refractivity contribution >= 4 is 27.3 Å². The summed E-state index contributed by atoms with van der Waals surface area (Å²) < 4.78 is 19.7. The molecule has 0 spiro atoms. The van der Waals surface area contributed by atoms with Gasteiger partial charge in [-0.3, -0.25) is 9.69 Å². The molecule has 3 saturated heterocycles. The van der Waals surface area contributed by atoms with Gasteiger partial charge in [-0.1, -0.05) is 6.07 Å². The van der Waals surface area contributed by atoms with Crippen LogP contribution < -0.4 is 10.1 Å². The highest BCUT2D eigenvalue weighted by atomic mass is 32.1. The zero-order valence-corrected chi connectivity index (χ0v) is 15.6. The van der Waals surface area contributed by atoms with Crippen molar-refractivity contribution in [1.29, 1.82) is 0 Å². The standard InChI is InChI=1S/C19H23FN2O2S/c1-19(2)17(11-6-8-22(19)9-7-11)21-18(23)14-10-12-4-5-13(20)15(24-3)16(12)25-14/h4-5,10-11,17H,6-9H2,1-3H3,(H,21,23)/t17-/m1/s1. The SMILES string of the molecule is COc1c(F)ccc2cc(C(=O)N[C@@H]3C4CCN(CC4)C3(C)C)sc12. The average molecular weight is 362 g/mol. The molecular weight excluding hydrogens is 339 g/mol. The van der Waals surface area contributed by atoms with E-state index in [-0.39, 0.29) is 23.2 Å². The number of benzene rings is 1. The van der Waals surface area contributed by atoms with Crippen LogP contribution in [-0.4, -0.2) is 42.6 Å². The fourth-order valence-corrected chi connectivity index (χ4v) is 5.52. The predicted molar refractivity (Wildman–Crippen MR) is 98.0 cm³/mol. The lowest BCUT2D eigenvalue weighted by Crippen LogP contribution is -2.69. The van der Waals surface area contributed by atoms with E-state index in [2.05, 4.69) is 24.1 Å². The first-order valence-electron chi connectivity index (χ1n) is 8.74. The first-order valence-corrected chi connectivity index (χ1v) is 9.55. The summed E-state index contributed by atoms with van der Waals surface area (Å²) in [5.74, 6) is 0.271. The van der Waals surface area contributed by atoms with Crippen molar-refractivity contribution in [3.63, 3.8) is 0 Å². The van der Waals surface area contributed by atoms with Gasteiger partial charge in [-0.05, 0) is 63.2 Å². The van der Waals surface area contributed by atoms with Gasteiger partial charge >= 0.3 is 0 Å². The van der Waals surface area contributed by atoms with Crippen LogP contribution in [0.1, 0.15) is 36.4 Å². The zero-order chi connectivity index (χ0) is 17.8. The number of fused-ring (bicyclic) bond motifs is 4. The van der Waals surface area contributed by atoms with Crippen LogP contribution in [0, 0.1) is 11.7 Å². The first-order chi connectivity index (χ1) is 11.9. The molecule has 1 aromatic carbocycles. The van der Waals surface area contributed by atoms with E-state index in [9.17, 15) is 9.18 Å². The van der Waals surface area contributed by atoms with Crippen molar-refractivity contribution in [1.82, 2.24) is 10.2 Å². The minimum absolute atomic E-state index is 0.0304. The molecule has 2 bridgehead atoms. The van der Waals surface area contributed by atoms with Crippen molar-refractivity contribution in [3.05, 3.63) is 28.9 Å². The molecule has 134 valence electrons. The Morgan fingerprint density at radius 1 is 1.36 bits per heavy atom. The van der Waals surface area contributed by atoms with Gasteiger partial charge in [-0.2, -0.15) is 0 Å². The number of nitrogens with one attached hydrogen (secondary N) is 1. The van der Waals surface area contributed by atoms with Crippen LogP contribution >= 0.6 is 11.3 Å². The third kappa shape index (κ3) is 2.62. The molecule has 0 radical (unpaired) electrons. The van der Waals surface area contributed by atoms with E-state index in [4.69, 9.17) is 4.74 Å². The van der Waals surface area contributed by atoms with E-state index in [0.717, 1.165) is 31.3 Å². The maximum absolute atomic E-state index is 13.9. The minimum Gasteiger partial charge on any atom is -0.492 e. The van der Waals surface area contributed by atoms with Gasteiger partial charge < -0.3 is 10.1 Å². The van der Waals surface area contributed by atoms with Crippen molar-refractivity contribution < 1.29 is 13.9 Å². The van der Waals surface area contributed by atoms with Gasteiger partial charge in [0.15, 0.2) is 11.6 Å². The van der Waals surface area contributed by atoms with Crippen LogP contribution in [0.2, 0.25) is 0 Å². The Morgan fingerprint density at radius 3 is 2.72 bits per heavy atom. The second-order valence-electron chi connectivity index (χ2n) is 7.54. The van der Waals surface area contributed by atoms with Crippen LogP contribution in [0.25, 0.3) is 10.1 Å². The maximum Gasteiger partial charge on any atom is 0.261 e. The Hall–Kier alpha value is -1.66. The van der Waals surface area contributed by atoms with E-state index in [1.807, 2.05) is 6.07 Å². The molecule has 5 rings (SSSR count). The molecule has 1 atom stereocenters. The molecule has 6 heteroatoms. The highest BCUT2D eigenvalue weighted by molar-refractivity contribution is 7.21. The van der Waals surface area contributed by atoms with E-state index in [1.165, 1.54) is 24.5 Å². The molecule has 25 heavy (non-hydrogen) atoms. The molecule has 2 aromatic rings. The Bertz CT molecular complexity index is 824. The Morgan fingerprint density at radius 2 is 2.08 bits per heavy atom. The summed E-state index contributed by atoms with van der Waals surface area (Å²) in [4.78, 5) is 16.0. The number of hydrogen-bond donors (Lipinski definition) is 1. The number of methoxy groups -OCH3 is 1. The molecule has 3 aliphatic rings. The van der Waals surface area contributed by atoms with Gasteiger partial charge in [0.2, 0.25) is 0 Å². The van der Waals surface area contributed by atoms with Gasteiger partial charge in [0.05, 0.1) is 16.7 Å². The molecule has 3 aliphatic heterocycles. The number of hydrogen-bond acceptors (Lipinski definition) is 4.